The van der Waals surface area contributed by atoms with Crippen LogP contribution in [0.25, 0.3) is 22.2 Å². The summed E-state index contributed by atoms with van der Waals surface area (Å²) in [6.45, 7) is -3.02. The summed E-state index contributed by atoms with van der Waals surface area (Å²) in [6, 6.07) is 13.0. The zero-order valence-electron chi connectivity index (χ0n) is 19.3. The van der Waals surface area contributed by atoms with Crippen LogP contribution in [0.15, 0.2) is 59.8 Å². The number of nitrogens with zero attached hydrogens (tertiary/aromatic N) is 4. The lowest BCUT2D eigenvalue weighted by Crippen LogP contribution is -2.30. The first-order valence-corrected chi connectivity index (χ1v) is 13.2. The summed E-state index contributed by atoms with van der Waals surface area (Å²) in [7, 11) is -1.22. The number of alkyl halides is 2. The molecule has 0 fully saturated rings. The Balaban J connectivity index is 1.54. The topological polar surface area (TPSA) is 101 Å². The van der Waals surface area contributed by atoms with Crippen LogP contribution in [0.3, 0.4) is 0 Å². The van der Waals surface area contributed by atoms with Crippen LogP contribution in [-0.2, 0) is 9.73 Å². The molecule has 2 aromatic heterocycles. The highest BCUT2D eigenvalue weighted by molar-refractivity contribution is 7.91. The molecule has 0 saturated carbocycles. The molecule has 0 saturated heterocycles. The third-order valence-electron chi connectivity index (χ3n) is 6.88. The number of hydrogen-bond acceptors (Lipinski definition) is 6. The summed E-state index contributed by atoms with van der Waals surface area (Å²) in [5.41, 5.74) is 3.88. The maximum absolute atomic E-state index is 13.3. The number of nitrogens with one attached hydrogen (secondary N) is 1. The molecule has 1 amide bonds. The monoisotopic (exact) mass is 509 g/mol. The van der Waals surface area contributed by atoms with Gasteiger partial charge in [0.2, 0.25) is 0 Å². The molecule has 0 aliphatic carbocycles. The minimum Gasteiger partial charge on any atom is -0.434 e. The molecule has 2 bridgehead atoms. The van der Waals surface area contributed by atoms with Crippen molar-refractivity contribution < 1.29 is 22.5 Å². The molecule has 11 heteroatoms. The Morgan fingerprint density at radius 2 is 1.92 bits per heavy atom. The van der Waals surface area contributed by atoms with Crippen molar-refractivity contribution in [2.24, 2.45) is 0 Å². The third kappa shape index (κ3) is 3.37. The van der Waals surface area contributed by atoms with E-state index in [0.717, 1.165) is 16.6 Å². The standard InChI is InChI=1S/C25H21F2N5O3S/c1-31-19-11-18(22-15(24(31)33)4-3-5-20(22)35-25(26)27)32-17-10-13(6-8-16(17)30-23(19)32)14-7-9-21(29-12-14)36(2,28)34/h3-10,12,18-19,25,28H,11H2,1-2H3/t18-,19+,36?/m0/s1. The van der Waals surface area contributed by atoms with Crippen LogP contribution in [-0.4, -0.2) is 49.5 Å². The van der Waals surface area contributed by atoms with Gasteiger partial charge in [-0.05, 0) is 35.9 Å². The van der Waals surface area contributed by atoms with E-state index in [4.69, 9.17) is 14.5 Å². The lowest BCUT2D eigenvalue weighted by atomic mass is 9.97. The van der Waals surface area contributed by atoms with Gasteiger partial charge in [-0.1, -0.05) is 18.2 Å². The first-order chi connectivity index (χ1) is 17.1. The maximum Gasteiger partial charge on any atom is 0.387 e. The van der Waals surface area contributed by atoms with E-state index in [0.29, 0.717) is 28.9 Å². The normalized spacial score (nSPS) is 20.2. The molecule has 1 unspecified atom stereocenters. The number of rotatable bonds is 4. The van der Waals surface area contributed by atoms with Gasteiger partial charge in [-0.25, -0.2) is 19.0 Å². The number of pyridine rings is 1. The Hall–Kier alpha value is -3.86. The molecule has 0 spiro atoms. The molecule has 1 N–H and O–H groups in total. The number of fused-ring (bicyclic) bond motifs is 9. The largest absolute Gasteiger partial charge is 0.434 e. The van der Waals surface area contributed by atoms with Gasteiger partial charge in [-0.3, -0.25) is 4.79 Å². The predicted octanol–water partition coefficient (Wildman–Crippen LogP) is 4.85. The van der Waals surface area contributed by atoms with Crippen molar-refractivity contribution in [3.8, 4) is 16.9 Å². The molecule has 2 aromatic carbocycles. The van der Waals surface area contributed by atoms with Crippen molar-refractivity contribution >= 4 is 26.7 Å². The fourth-order valence-electron chi connectivity index (χ4n) is 5.24. The number of carbonyl (C=O) groups excluding carboxylic acids is 1. The van der Waals surface area contributed by atoms with E-state index in [1.54, 1.807) is 42.4 Å². The van der Waals surface area contributed by atoms with E-state index in [1.807, 2.05) is 22.8 Å². The zero-order valence-corrected chi connectivity index (χ0v) is 20.1. The number of ether oxygens (including phenoxy) is 1. The van der Waals surface area contributed by atoms with Gasteiger partial charge < -0.3 is 14.2 Å². The highest BCUT2D eigenvalue weighted by atomic mass is 32.2. The Labute approximate surface area is 205 Å². The predicted molar refractivity (Wildman–Crippen MR) is 129 cm³/mol. The Kier molecular flexibility index (Phi) is 4.91. The summed E-state index contributed by atoms with van der Waals surface area (Å²) in [5, 5.41) is 0.207. The van der Waals surface area contributed by atoms with Crippen LogP contribution >= 0.6 is 0 Å². The van der Waals surface area contributed by atoms with Crippen LogP contribution in [0.1, 0.15) is 40.3 Å². The van der Waals surface area contributed by atoms with Crippen molar-refractivity contribution in [3.63, 3.8) is 0 Å². The number of aromatic nitrogens is 3. The summed E-state index contributed by atoms with van der Waals surface area (Å²) in [4.78, 5) is 23.9. The van der Waals surface area contributed by atoms with Gasteiger partial charge in [0.25, 0.3) is 5.91 Å². The van der Waals surface area contributed by atoms with E-state index in [2.05, 4.69) is 4.98 Å². The molecular weight excluding hydrogens is 488 g/mol. The van der Waals surface area contributed by atoms with Crippen molar-refractivity contribution in [3.05, 3.63) is 71.7 Å². The first-order valence-electron chi connectivity index (χ1n) is 11.2. The summed E-state index contributed by atoms with van der Waals surface area (Å²) >= 11 is 0. The minimum atomic E-state index is -3.02. The number of hydrogen-bond donors (Lipinski definition) is 1. The second-order valence-electron chi connectivity index (χ2n) is 9.05. The smallest absolute Gasteiger partial charge is 0.387 e. The molecule has 4 heterocycles. The Morgan fingerprint density at radius 3 is 2.61 bits per heavy atom. The first kappa shape index (κ1) is 22.6. The van der Waals surface area contributed by atoms with Gasteiger partial charge in [0.15, 0.2) is 0 Å². The van der Waals surface area contributed by atoms with Crippen molar-refractivity contribution in [2.45, 2.75) is 30.1 Å². The van der Waals surface area contributed by atoms with Gasteiger partial charge in [0.1, 0.15) is 16.6 Å². The lowest BCUT2D eigenvalue weighted by Gasteiger charge is -2.24. The quantitative estimate of drug-likeness (QED) is 0.424. The second-order valence-corrected chi connectivity index (χ2v) is 11.2. The van der Waals surface area contributed by atoms with Crippen LogP contribution in [0.4, 0.5) is 8.78 Å². The van der Waals surface area contributed by atoms with Gasteiger partial charge in [-0.15, -0.1) is 0 Å². The third-order valence-corrected chi connectivity index (χ3v) is 7.92. The Morgan fingerprint density at radius 1 is 1.14 bits per heavy atom. The van der Waals surface area contributed by atoms with Gasteiger partial charge in [0.05, 0.1) is 32.8 Å². The van der Waals surface area contributed by atoms with E-state index in [-0.39, 0.29) is 22.7 Å². The minimum absolute atomic E-state index is 0.0147. The summed E-state index contributed by atoms with van der Waals surface area (Å²) in [5.74, 6) is 0.414. The molecule has 3 atom stereocenters. The van der Waals surface area contributed by atoms with Crippen molar-refractivity contribution in [1.29, 1.82) is 4.78 Å². The van der Waals surface area contributed by atoms with E-state index in [1.165, 1.54) is 12.3 Å². The van der Waals surface area contributed by atoms with Crippen molar-refractivity contribution in [1.82, 2.24) is 19.4 Å². The summed E-state index contributed by atoms with van der Waals surface area (Å²) < 4.78 is 53.1. The van der Waals surface area contributed by atoms with Crippen LogP contribution in [0, 0.1) is 4.78 Å². The number of imidazole rings is 1. The fourth-order valence-corrected chi connectivity index (χ4v) is 5.82. The number of halogens is 2. The van der Waals surface area contributed by atoms with Crippen LogP contribution < -0.4 is 4.74 Å². The molecule has 0 radical (unpaired) electrons. The Bertz CT molecular complexity index is 1650. The molecule has 184 valence electrons. The fraction of sp³-hybridized carbons (Fsp3) is 0.240. The number of carbonyl (C=O) groups is 1. The lowest BCUT2D eigenvalue weighted by molar-refractivity contribution is -0.0507. The van der Waals surface area contributed by atoms with E-state index in [9.17, 15) is 17.8 Å². The second kappa shape index (κ2) is 7.82. The van der Waals surface area contributed by atoms with Gasteiger partial charge in [0, 0.05) is 42.6 Å². The molecule has 8 nitrogen and oxygen atoms in total. The van der Waals surface area contributed by atoms with Crippen molar-refractivity contribution in [2.75, 3.05) is 13.3 Å². The molecular formula is C25H21F2N5O3S. The summed E-state index contributed by atoms with van der Waals surface area (Å²) in [6.07, 6.45) is 3.39. The molecule has 36 heavy (non-hydrogen) atoms. The molecule has 6 rings (SSSR count). The van der Waals surface area contributed by atoms with Gasteiger partial charge >= 0.3 is 6.61 Å². The zero-order chi connectivity index (χ0) is 25.4. The average Bonchev–Trinajstić information content (AvgIpc) is 3.36. The van der Waals surface area contributed by atoms with Gasteiger partial charge in [-0.2, -0.15) is 8.78 Å². The maximum atomic E-state index is 13.3. The SMILES string of the molecule is CN1C(=O)c2cccc(OC(F)F)c2[C@@H]2C[C@@H]1c1nc3ccc(-c4ccc(S(C)(=N)=O)nc4)cc3n12. The van der Waals surface area contributed by atoms with Crippen LogP contribution in [0.2, 0.25) is 0 Å². The number of amides is 1. The molecule has 4 aromatic rings. The van der Waals surface area contributed by atoms with Crippen LogP contribution in [0.5, 0.6) is 5.75 Å². The molecule has 2 aliphatic heterocycles. The average molecular weight is 510 g/mol. The highest BCUT2D eigenvalue weighted by Gasteiger charge is 2.45. The van der Waals surface area contributed by atoms with E-state index >= 15 is 0 Å². The molecule has 2 aliphatic rings. The van der Waals surface area contributed by atoms with E-state index < -0.39 is 22.4 Å². The highest BCUT2D eigenvalue weighted by Crippen LogP contribution is 2.50. The number of benzene rings is 2.